The molecule has 0 aliphatic rings. The minimum absolute atomic E-state index is 0.0645. The fourth-order valence-corrected chi connectivity index (χ4v) is 1.56. The Morgan fingerprint density at radius 1 is 1.57 bits per heavy atom. The SMILES string of the molecule is CC(C)(C)C(=O)NCc1sccc1F. The van der Waals surface area contributed by atoms with E-state index < -0.39 is 5.41 Å². The number of hydrogen-bond acceptors (Lipinski definition) is 2. The van der Waals surface area contributed by atoms with E-state index in [2.05, 4.69) is 5.32 Å². The molecule has 0 saturated heterocycles. The van der Waals surface area contributed by atoms with Gasteiger partial charge in [0.15, 0.2) is 0 Å². The Hall–Kier alpha value is -0.900. The third-order valence-corrected chi connectivity index (χ3v) is 2.68. The van der Waals surface area contributed by atoms with Crippen LogP contribution in [0.2, 0.25) is 0 Å². The minimum atomic E-state index is -0.423. The molecule has 0 spiro atoms. The van der Waals surface area contributed by atoms with Crippen molar-refractivity contribution in [3.8, 4) is 0 Å². The van der Waals surface area contributed by atoms with Crippen LogP contribution >= 0.6 is 11.3 Å². The summed E-state index contributed by atoms with van der Waals surface area (Å²) in [6, 6.07) is 1.41. The van der Waals surface area contributed by atoms with Crippen LogP contribution in [0.5, 0.6) is 0 Å². The lowest BCUT2D eigenvalue weighted by Gasteiger charge is -2.17. The Morgan fingerprint density at radius 2 is 2.21 bits per heavy atom. The van der Waals surface area contributed by atoms with Crippen LogP contribution in [0, 0.1) is 11.2 Å². The average Bonchev–Trinajstić information content (AvgIpc) is 2.45. The summed E-state index contributed by atoms with van der Waals surface area (Å²) in [5.74, 6) is -0.311. The van der Waals surface area contributed by atoms with Crippen molar-refractivity contribution in [1.82, 2.24) is 5.32 Å². The minimum Gasteiger partial charge on any atom is -0.351 e. The number of carbonyl (C=O) groups is 1. The van der Waals surface area contributed by atoms with Gasteiger partial charge in [-0.15, -0.1) is 11.3 Å². The van der Waals surface area contributed by atoms with E-state index in [1.54, 1.807) is 5.38 Å². The third-order valence-electron chi connectivity index (χ3n) is 1.78. The Balaban J connectivity index is 2.50. The molecule has 0 radical (unpaired) electrons. The van der Waals surface area contributed by atoms with Gasteiger partial charge in [0.2, 0.25) is 5.91 Å². The molecule has 0 unspecified atom stereocenters. The summed E-state index contributed by atoms with van der Waals surface area (Å²) in [6.45, 7) is 5.76. The monoisotopic (exact) mass is 215 g/mol. The summed E-state index contributed by atoms with van der Waals surface area (Å²) >= 11 is 1.31. The van der Waals surface area contributed by atoms with Crippen molar-refractivity contribution in [3.05, 3.63) is 22.1 Å². The molecule has 2 nitrogen and oxygen atoms in total. The molecule has 1 amide bonds. The van der Waals surface area contributed by atoms with Gasteiger partial charge in [0.25, 0.3) is 0 Å². The van der Waals surface area contributed by atoms with Crippen LogP contribution < -0.4 is 5.32 Å². The number of amides is 1. The van der Waals surface area contributed by atoms with Gasteiger partial charge in [-0.25, -0.2) is 4.39 Å². The molecule has 1 aromatic heterocycles. The molecular weight excluding hydrogens is 201 g/mol. The standard InChI is InChI=1S/C10H14FNOS/c1-10(2,3)9(13)12-6-8-7(11)4-5-14-8/h4-5H,6H2,1-3H3,(H,12,13). The maximum absolute atomic E-state index is 13.0. The van der Waals surface area contributed by atoms with Crippen molar-refractivity contribution in [2.75, 3.05) is 0 Å². The van der Waals surface area contributed by atoms with E-state index >= 15 is 0 Å². The number of carbonyl (C=O) groups excluding carboxylic acids is 1. The normalized spacial score (nSPS) is 11.4. The smallest absolute Gasteiger partial charge is 0.225 e. The maximum atomic E-state index is 13.0. The predicted octanol–water partition coefficient (Wildman–Crippen LogP) is 2.55. The molecule has 1 rings (SSSR count). The first kappa shape index (κ1) is 11.2. The van der Waals surface area contributed by atoms with Crippen LogP contribution in [0.3, 0.4) is 0 Å². The molecule has 0 aliphatic heterocycles. The highest BCUT2D eigenvalue weighted by atomic mass is 32.1. The van der Waals surface area contributed by atoms with Gasteiger partial charge in [-0.1, -0.05) is 20.8 Å². The quantitative estimate of drug-likeness (QED) is 0.807. The zero-order valence-corrected chi connectivity index (χ0v) is 9.37. The van der Waals surface area contributed by atoms with E-state index in [0.29, 0.717) is 4.88 Å². The second-order valence-electron chi connectivity index (χ2n) is 4.12. The highest BCUT2D eigenvalue weighted by Crippen LogP contribution is 2.16. The molecule has 0 bridgehead atoms. The van der Waals surface area contributed by atoms with E-state index in [9.17, 15) is 9.18 Å². The first-order valence-electron chi connectivity index (χ1n) is 4.41. The van der Waals surface area contributed by atoms with Crippen molar-refractivity contribution < 1.29 is 9.18 Å². The van der Waals surface area contributed by atoms with Gasteiger partial charge in [0, 0.05) is 5.41 Å². The molecule has 4 heteroatoms. The van der Waals surface area contributed by atoms with Crippen molar-refractivity contribution in [1.29, 1.82) is 0 Å². The van der Waals surface area contributed by atoms with Crippen LogP contribution in [0.25, 0.3) is 0 Å². The van der Waals surface area contributed by atoms with Crippen molar-refractivity contribution in [2.24, 2.45) is 5.41 Å². The number of halogens is 1. The third kappa shape index (κ3) is 2.80. The number of rotatable bonds is 2. The highest BCUT2D eigenvalue weighted by molar-refractivity contribution is 7.09. The van der Waals surface area contributed by atoms with Crippen LogP contribution in [-0.2, 0) is 11.3 Å². The Morgan fingerprint density at radius 3 is 2.64 bits per heavy atom. The summed E-state index contributed by atoms with van der Waals surface area (Å²) in [7, 11) is 0. The Labute approximate surface area is 87.1 Å². The summed E-state index contributed by atoms with van der Waals surface area (Å²) in [5, 5.41) is 4.37. The van der Waals surface area contributed by atoms with Crippen molar-refractivity contribution in [2.45, 2.75) is 27.3 Å². The molecule has 0 fully saturated rings. The Kier molecular flexibility index (Phi) is 3.26. The summed E-state index contributed by atoms with van der Waals surface area (Å²) in [4.78, 5) is 12.0. The molecule has 14 heavy (non-hydrogen) atoms. The zero-order valence-electron chi connectivity index (χ0n) is 8.56. The second-order valence-corrected chi connectivity index (χ2v) is 5.13. The van der Waals surface area contributed by atoms with Gasteiger partial charge in [0.1, 0.15) is 5.82 Å². The molecule has 0 saturated carbocycles. The molecular formula is C10H14FNOS. The molecule has 0 aliphatic carbocycles. The van der Waals surface area contributed by atoms with E-state index in [0.717, 1.165) is 0 Å². The van der Waals surface area contributed by atoms with Gasteiger partial charge >= 0.3 is 0 Å². The summed E-state index contributed by atoms with van der Waals surface area (Å²) < 4.78 is 13.0. The fourth-order valence-electron chi connectivity index (χ4n) is 0.877. The first-order valence-corrected chi connectivity index (χ1v) is 5.29. The first-order chi connectivity index (χ1) is 6.41. The largest absolute Gasteiger partial charge is 0.351 e. The van der Waals surface area contributed by atoms with Gasteiger partial charge in [0.05, 0.1) is 11.4 Å². The summed E-state index contributed by atoms with van der Waals surface area (Å²) in [6.07, 6.45) is 0. The lowest BCUT2D eigenvalue weighted by molar-refractivity contribution is -0.128. The van der Waals surface area contributed by atoms with Crippen LogP contribution in [0.4, 0.5) is 4.39 Å². The summed E-state index contributed by atoms with van der Waals surface area (Å²) in [5.41, 5.74) is -0.423. The van der Waals surface area contributed by atoms with Crippen molar-refractivity contribution >= 4 is 17.2 Å². The fraction of sp³-hybridized carbons (Fsp3) is 0.500. The van der Waals surface area contributed by atoms with Crippen molar-refractivity contribution in [3.63, 3.8) is 0 Å². The van der Waals surface area contributed by atoms with Gasteiger partial charge < -0.3 is 5.32 Å². The number of thiophene rings is 1. The van der Waals surface area contributed by atoms with E-state index in [1.165, 1.54) is 17.4 Å². The molecule has 1 N–H and O–H groups in total. The lowest BCUT2D eigenvalue weighted by Crippen LogP contribution is -2.34. The topological polar surface area (TPSA) is 29.1 Å². The molecule has 1 heterocycles. The van der Waals surface area contributed by atoms with Gasteiger partial charge in [-0.3, -0.25) is 4.79 Å². The van der Waals surface area contributed by atoms with Gasteiger partial charge in [-0.05, 0) is 11.4 Å². The van der Waals surface area contributed by atoms with Crippen LogP contribution in [-0.4, -0.2) is 5.91 Å². The highest BCUT2D eigenvalue weighted by Gasteiger charge is 2.20. The van der Waals surface area contributed by atoms with Crippen LogP contribution in [0.1, 0.15) is 25.6 Å². The predicted molar refractivity (Wildman–Crippen MR) is 55.6 cm³/mol. The molecule has 0 atom stereocenters. The molecule has 78 valence electrons. The average molecular weight is 215 g/mol. The number of hydrogen-bond donors (Lipinski definition) is 1. The second kappa shape index (κ2) is 4.09. The molecule has 1 aromatic rings. The van der Waals surface area contributed by atoms with Crippen LogP contribution in [0.15, 0.2) is 11.4 Å². The van der Waals surface area contributed by atoms with E-state index in [-0.39, 0.29) is 18.3 Å². The Bertz CT molecular complexity index is 327. The maximum Gasteiger partial charge on any atom is 0.225 e. The lowest BCUT2D eigenvalue weighted by atomic mass is 9.96. The zero-order chi connectivity index (χ0) is 10.8. The number of nitrogens with one attached hydrogen (secondary N) is 1. The van der Waals surface area contributed by atoms with E-state index in [4.69, 9.17) is 0 Å². The van der Waals surface area contributed by atoms with Gasteiger partial charge in [-0.2, -0.15) is 0 Å². The molecule has 0 aromatic carbocycles. The van der Waals surface area contributed by atoms with E-state index in [1.807, 2.05) is 20.8 Å².